The Morgan fingerprint density at radius 3 is 2.50 bits per heavy atom. The summed E-state index contributed by atoms with van der Waals surface area (Å²) in [6.07, 6.45) is 1.74. The number of carbonyl (C=O) groups excluding carboxylic acids is 1. The molecule has 4 nitrogen and oxygen atoms in total. The van der Waals surface area contributed by atoms with Crippen molar-refractivity contribution in [3.8, 4) is 0 Å². The summed E-state index contributed by atoms with van der Waals surface area (Å²) in [5.41, 5.74) is 6.40. The summed E-state index contributed by atoms with van der Waals surface area (Å²) in [4.78, 5) is 11.6. The van der Waals surface area contributed by atoms with Gasteiger partial charge in [-0.2, -0.15) is 0 Å². The molecule has 1 aromatic carbocycles. The summed E-state index contributed by atoms with van der Waals surface area (Å²) in [5, 5.41) is 3.22. The molecule has 2 rings (SSSR count). The summed E-state index contributed by atoms with van der Waals surface area (Å²) >= 11 is 3.38. The molecule has 1 heterocycles. The van der Waals surface area contributed by atoms with Crippen LogP contribution in [0.1, 0.15) is 12.8 Å². The summed E-state index contributed by atoms with van der Waals surface area (Å²) in [7, 11) is 0. The van der Waals surface area contributed by atoms with Crippen molar-refractivity contribution >= 4 is 27.5 Å². The maximum absolute atomic E-state index is 11.6. The fourth-order valence-electron chi connectivity index (χ4n) is 2.20. The minimum Gasteiger partial charge on any atom is -0.381 e. The van der Waals surface area contributed by atoms with Crippen LogP contribution < -0.4 is 11.1 Å². The smallest absolute Gasteiger partial charge is 0.240 e. The number of amides is 1. The number of anilines is 1. The third-order valence-corrected chi connectivity index (χ3v) is 3.74. The van der Waals surface area contributed by atoms with Crippen LogP contribution in [0.25, 0.3) is 0 Å². The van der Waals surface area contributed by atoms with Gasteiger partial charge < -0.3 is 15.8 Å². The molecule has 0 bridgehead atoms. The molecule has 1 atom stereocenters. The lowest BCUT2D eigenvalue weighted by Gasteiger charge is -2.29. The number of hydrogen-bond acceptors (Lipinski definition) is 3. The van der Waals surface area contributed by atoms with Gasteiger partial charge in [0.25, 0.3) is 0 Å². The van der Waals surface area contributed by atoms with Gasteiger partial charge in [0.05, 0.1) is 0 Å². The predicted molar refractivity (Wildman–Crippen MR) is 74.3 cm³/mol. The van der Waals surface area contributed by atoms with Crippen molar-refractivity contribution in [3.05, 3.63) is 28.7 Å². The number of nitrogens with one attached hydrogen (secondary N) is 1. The monoisotopic (exact) mass is 312 g/mol. The van der Waals surface area contributed by atoms with E-state index in [1.165, 1.54) is 0 Å². The number of nitrogens with two attached hydrogens (primary N) is 1. The van der Waals surface area contributed by atoms with Gasteiger partial charge in [-0.05, 0) is 43.0 Å². The van der Waals surface area contributed by atoms with Crippen molar-refractivity contribution in [1.82, 2.24) is 0 Å². The lowest BCUT2D eigenvalue weighted by molar-refractivity contribution is -0.120. The van der Waals surface area contributed by atoms with E-state index < -0.39 is 0 Å². The van der Waals surface area contributed by atoms with Crippen LogP contribution >= 0.6 is 15.9 Å². The van der Waals surface area contributed by atoms with Crippen molar-refractivity contribution < 1.29 is 9.53 Å². The molecule has 18 heavy (non-hydrogen) atoms. The first-order valence-electron chi connectivity index (χ1n) is 6.06. The lowest BCUT2D eigenvalue weighted by atomic mass is 9.91. The summed E-state index contributed by atoms with van der Waals surface area (Å²) in [6, 6.07) is 7.41. The average molecular weight is 313 g/mol. The predicted octanol–water partition coefficient (Wildman–Crippen LogP) is 2.14. The first kappa shape index (κ1) is 13.4. The third kappa shape index (κ3) is 3.46. The second-order valence-corrected chi connectivity index (χ2v) is 5.40. The van der Waals surface area contributed by atoms with Gasteiger partial charge >= 0.3 is 0 Å². The van der Waals surface area contributed by atoms with E-state index in [9.17, 15) is 4.79 Å². The van der Waals surface area contributed by atoms with Gasteiger partial charge in [-0.15, -0.1) is 0 Å². The molecule has 0 saturated carbocycles. The quantitative estimate of drug-likeness (QED) is 0.895. The van der Waals surface area contributed by atoms with Crippen molar-refractivity contribution in [1.29, 1.82) is 0 Å². The standard InChI is InChI=1S/C13H17BrN2O2/c14-10-1-3-11(4-2-10)16-12(13(15)17)9-5-7-18-8-6-9/h1-4,9,12,16H,5-8H2,(H2,15,17). The highest BCUT2D eigenvalue weighted by atomic mass is 79.9. The van der Waals surface area contributed by atoms with E-state index in [0.29, 0.717) is 13.2 Å². The normalized spacial score (nSPS) is 18.3. The summed E-state index contributed by atoms with van der Waals surface area (Å²) in [5.74, 6) is -0.0512. The molecule has 1 aliphatic rings. The SMILES string of the molecule is NC(=O)C(Nc1ccc(Br)cc1)C1CCOCC1. The molecule has 1 fully saturated rings. The van der Waals surface area contributed by atoms with E-state index in [1.807, 2.05) is 24.3 Å². The van der Waals surface area contributed by atoms with Gasteiger partial charge in [0, 0.05) is 23.4 Å². The Kier molecular flexibility index (Phi) is 4.60. The topological polar surface area (TPSA) is 64.4 Å². The largest absolute Gasteiger partial charge is 0.381 e. The van der Waals surface area contributed by atoms with Crippen LogP contribution in [0.15, 0.2) is 28.7 Å². The average Bonchev–Trinajstić information content (AvgIpc) is 2.38. The highest BCUT2D eigenvalue weighted by Gasteiger charge is 2.28. The number of carbonyl (C=O) groups is 1. The molecule has 1 aromatic rings. The van der Waals surface area contributed by atoms with E-state index in [-0.39, 0.29) is 17.9 Å². The van der Waals surface area contributed by atoms with Crippen molar-refractivity contribution in [2.45, 2.75) is 18.9 Å². The van der Waals surface area contributed by atoms with Crippen LogP contribution in [0.2, 0.25) is 0 Å². The molecule has 1 aliphatic heterocycles. The molecule has 98 valence electrons. The first-order valence-corrected chi connectivity index (χ1v) is 6.85. The zero-order valence-electron chi connectivity index (χ0n) is 10.1. The molecule has 1 unspecified atom stereocenters. The third-order valence-electron chi connectivity index (χ3n) is 3.21. The highest BCUT2D eigenvalue weighted by Crippen LogP contribution is 2.23. The molecule has 1 saturated heterocycles. The van der Waals surface area contributed by atoms with Gasteiger partial charge in [0.2, 0.25) is 5.91 Å². The van der Waals surface area contributed by atoms with E-state index in [4.69, 9.17) is 10.5 Å². The Labute approximate surface area is 115 Å². The van der Waals surface area contributed by atoms with Crippen molar-refractivity contribution in [3.63, 3.8) is 0 Å². The summed E-state index contributed by atoms with van der Waals surface area (Å²) < 4.78 is 6.32. The van der Waals surface area contributed by atoms with Gasteiger partial charge in [-0.25, -0.2) is 0 Å². The number of rotatable bonds is 4. The van der Waals surface area contributed by atoms with Crippen LogP contribution in [-0.4, -0.2) is 25.2 Å². The minimum atomic E-state index is -0.324. The van der Waals surface area contributed by atoms with Crippen LogP contribution in [-0.2, 0) is 9.53 Å². The number of ether oxygens (including phenoxy) is 1. The fraction of sp³-hybridized carbons (Fsp3) is 0.462. The highest BCUT2D eigenvalue weighted by molar-refractivity contribution is 9.10. The second-order valence-electron chi connectivity index (χ2n) is 4.48. The first-order chi connectivity index (χ1) is 8.66. The van der Waals surface area contributed by atoms with Gasteiger partial charge in [-0.1, -0.05) is 15.9 Å². The van der Waals surface area contributed by atoms with E-state index in [1.54, 1.807) is 0 Å². The van der Waals surface area contributed by atoms with Crippen LogP contribution in [0.5, 0.6) is 0 Å². The van der Waals surface area contributed by atoms with Gasteiger partial charge in [-0.3, -0.25) is 4.79 Å². The van der Waals surface area contributed by atoms with Crippen molar-refractivity contribution in [2.75, 3.05) is 18.5 Å². The Hall–Kier alpha value is -1.07. The van der Waals surface area contributed by atoms with E-state index >= 15 is 0 Å². The molecule has 0 aromatic heterocycles. The molecule has 1 amide bonds. The molecule has 5 heteroatoms. The molecular weight excluding hydrogens is 296 g/mol. The fourth-order valence-corrected chi connectivity index (χ4v) is 2.46. The summed E-state index contributed by atoms with van der Waals surface area (Å²) in [6.45, 7) is 1.41. The Morgan fingerprint density at radius 2 is 1.94 bits per heavy atom. The maximum Gasteiger partial charge on any atom is 0.240 e. The Bertz CT molecular complexity index is 402. The Balaban J connectivity index is 2.05. The second kappa shape index (κ2) is 6.20. The number of hydrogen-bond donors (Lipinski definition) is 2. The van der Waals surface area contributed by atoms with Crippen LogP contribution in [0.4, 0.5) is 5.69 Å². The molecular formula is C13H17BrN2O2. The van der Waals surface area contributed by atoms with E-state index in [0.717, 1.165) is 23.0 Å². The zero-order valence-corrected chi connectivity index (χ0v) is 11.7. The van der Waals surface area contributed by atoms with Gasteiger partial charge in [0.1, 0.15) is 6.04 Å². The van der Waals surface area contributed by atoms with E-state index in [2.05, 4.69) is 21.2 Å². The van der Waals surface area contributed by atoms with Crippen molar-refractivity contribution in [2.24, 2.45) is 11.7 Å². The van der Waals surface area contributed by atoms with Gasteiger partial charge in [0.15, 0.2) is 0 Å². The molecule has 0 radical (unpaired) electrons. The number of benzene rings is 1. The lowest BCUT2D eigenvalue weighted by Crippen LogP contribution is -2.43. The van der Waals surface area contributed by atoms with Crippen LogP contribution in [0, 0.1) is 5.92 Å². The molecule has 3 N–H and O–H groups in total. The number of halogens is 1. The maximum atomic E-state index is 11.6. The number of primary amides is 1. The van der Waals surface area contributed by atoms with Crippen LogP contribution in [0.3, 0.4) is 0 Å². The zero-order chi connectivity index (χ0) is 13.0. The minimum absolute atomic E-state index is 0.250. The molecule has 0 spiro atoms. The Morgan fingerprint density at radius 1 is 1.33 bits per heavy atom. The molecule has 0 aliphatic carbocycles.